The highest BCUT2D eigenvalue weighted by Gasteiger charge is 2.49. The molecule has 0 saturated carbocycles. The minimum Gasteiger partial charge on any atom is -0.487 e. The van der Waals surface area contributed by atoms with Crippen LogP contribution < -0.4 is 26.7 Å². The zero-order chi connectivity index (χ0) is 37.8. The van der Waals surface area contributed by atoms with Gasteiger partial charge in [-0.15, -0.1) is 0 Å². The van der Waals surface area contributed by atoms with Gasteiger partial charge in [-0.2, -0.15) is 0 Å². The Bertz CT molecular complexity index is 1980. The van der Waals surface area contributed by atoms with Crippen molar-refractivity contribution >= 4 is 22.7 Å². The Morgan fingerprint density at radius 3 is 2.22 bits per heavy atom. The molecule has 282 valence electrons. The van der Waals surface area contributed by atoms with Gasteiger partial charge in [-0.1, -0.05) is 103 Å². The van der Waals surface area contributed by atoms with Crippen LogP contribution in [0.15, 0.2) is 120 Å². The molecule has 2 atom stereocenters. The average molecular weight is 730 g/mol. The summed E-state index contributed by atoms with van der Waals surface area (Å²) < 4.78 is 6.03. The van der Waals surface area contributed by atoms with Gasteiger partial charge in [0, 0.05) is 44.1 Å². The number of ether oxygens (including phenoxy) is 1. The molecule has 6 rings (SSSR count). The van der Waals surface area contributed by atoms with Gasteiger partial charge in [0.1, 0.15) is 17.8 Å². The van der Waals surface area contributed by atoms with Crippen LogP contribution in [0.25, 0.3) is 10.9 Å². The van der Waals surface area contributed by atoms with Crippen LogP contribution in [-0.2, 0) is 21.6 Å². The Kier molecular flexibility index (Phi) is 13.3. The van der Waals surface area contributed by atoms with Crippen LogP contribution in [0, 0.1) is 5.92 Å². The third-order valence-electron chi connectivity index (χ3n) is 10.6. The molecule has 1 fully saturated rings. The van der Waals surface area contributed by atoms with Gasteiger partial charge in [0.2, 0.25) is 17.4 Å². The molecule has 10 heteroatoms. The van der Waals surface area contributed by atoms with Crippen LogP contribution in [0.4, 0.5) is 0 Å². The lowest BCUT2D eigenvalue weighted by molar-refractivity contribution is -0.124. The first-order chi connectivity index (χ1) is 26.4. The van der Waals surface area contributed by atoms with E-state index in [0.717, 1.165) is 60.8 Å². The van der Waals surface area contributed by atoms with Gasteiger partial charge in [-0.05, 0) is 72.7 Å². The van der Waals surface area contributed by atoms with E-state index >= 15 is 0 Å². The molecule has 1 aromatic heterocycles. The van der Waals surface area contributed by atoms with Gasteiger partial charge in [-0.3, -0.25) is 14.4 Å². The first kappa shape index (κ1) is 38.4. The van der Waals surface area contributed by atoms with E-state index in [0.29, 0.717) is 56.0 Å². The number of likely N-dealkylation sites (tertiary alicyclic amines) is 1. The zero-order valence-corrected chi connectivity index (χ0v) is 30.7. The molecule has 2 heterocycles. The number of carbonyl (C=O) groups is 2. The quantitative estimate of drug-likeness (QED) is 0.0734. The average Bonchev–Trinajstić information content (AvgIpc) is 3.67. The van der Waals surface area contributed by atoms with Gasteiger partial charge in [0.25, 0.3) is 0 Å². The molecule has 5 aromatic rings. The number of fused-ring (bicyclic) bond motifs is 1. The molecule has 1 saturated heterocycles. The highest BCUT2D eigenvalue weighted by Crippen LogP contribution is 2.43. The zero-order valence-electron chi connectivity index (χ0n) is 30.7. The molecule has 54 heavy (non-hydrogen) atoms. The molecular weight excluding hydrogens is 679 g/mol. The number of amides is 2. The minimum atomic E-state index is -0.938. The Morgan fingerprint density at radius 1 is 0.870 bits per heavy atom. The van der Waals surface area contributed by atoms with Crippen LogP contribution in [0.1, 0.15) is 60.5 Å². The smallest absolute Gasteiger partial charge is 0.248 e. The lowest BCUT2D eigenvalue weighted by atomic mass is 9.64. The summed E-state index contributed by atoms with van der Waals surface area (Å²) >= 11 is 0. The van der Waals surface area contributed by atoms with E-state index in [1.54, 1.807) is 12.1 Å². The maximum atomic E-state index is 13.3. The van der Waals surface area contributed by atoms with Crippen molar-refractivity contribution in [1.29, 1.82) is 0 Å². The van der Waals surface area contributed by atoms with E-state index in [-0.39, 0.29) is 23.3 Å². The topological polar surface area (TPSA) is 150 Å². The van der Waals surface area contributed by atoms with Gasteiger partial charge in [-0.25, -0.2) is 0 Å². The summed E-state index contributed by atoms with van der Waals surface area (Å²) in [5.74, 6) is 0.227. The fourth-order valence-corrected chi connectivity index (χ4v) is 7.79. The summed E-state index contributed by atoms with van der Waals surface area (Å²) in [5.41, 5.74) is 9.17. The third-order valence-corrected chi connectivity index (χ3v) is 10.6. The Labute approximate surface area is 316 Å². The predicted octanol–water partition coefficient (Wildman–Crippen LogP) is 5.20. The fourth-order valence-electron chi connectivity index (χ4n) is 7.79. The van der Waals surface area contributed by atoms with Crippen molar-refractivity contribution in [3.8, 4) is 5.75 Å². The molecule has 4 aromatic carbocycles. The Morgan fingerprint density at radius 2 is 1.54 bits per heavy atom. The van der Waals surface area contributed by atoms with Crippen LogP contribution in [0.3, 0.4) is 0 Å². The molecule has 0 spiro atoms. The van der Waals surface area contributed by atoms with E-state index in [4.69, 9.17) is 10.5 Å². The molecule has 2 amide bonds. The fraction of sp³-hybridized carbons (Fsp3) is 0.341. The molecule has 0 aliphatic carbocycles. The first-order valence-electron chi connectivity index (χ1n) is 19.0. The van der Waals surface area contributed by atoms with E-state index in [1.165, 1.54) is 6.07 Å². The number of aromatic amines is 1. The predicted molar refractivity (Wildman–Crippen MR) is 212 cm³/mol. The van der Waals surface area contributed by atoms with Gasteiger partial charge >= 0.3 is 0 Å². The van der Waals surface area contributed by atoms with Gasteiger partial charge < -0.3 is 36.1 Å². The Hall–Kier alpha value is -5.29. The standard InChI is InChI=1S/C44H51N5O5/c45-43(53)44(33-15-7-2-8-16-33,34-17-9-3-10-18-34)35-23-27-49(30-35)28-24-40(51)47-26-12-4-11-25-46-29-38(50)36-19-21-39(42-37(36)20-22-41(52)48-42)54-31-32-13-5-1-6-14-32/h1-3,5-10,13-22,35,38,46,50H,4,11-12,23-31H2,(H2,45,53)(H,47,51)(H,48,52). The normalized spacial score (nSPS) is 15.2. The molecule has 2 unspecified atom stereocenters. The monoisotopic (exact) mass is 729 g/mol. The second kappa shape index (κ2) is 18.6. The number of primary amides is 1. The number of nitrogens with one attached hydrogen (secondary N) is 3. The number of aliphatic hydroxyl groups excluding tert-OH is 1. The number of aromatic nitrogens is 1. The summed E-state index contributed by atoms with van der Waals surface area (Å²) in [7, 11) is 0. The Balaban J connectivity index is 0.897. The van der Waals surface area contributed by atoms with Crippen molar-refractivity contribution in [3.05, 3.63) is 148 Å². The molecule has 0 radical (unpaired) electrons. The number of pyridine rings is 1. The summed E-state index contributed by atoms with van der Waals surface area (Å²) in [6.45, 7) is 4.19. The largest absolute Gasteiger partial charge is 0.487 e. The minimum absolute atomic E-state index is 0.00669. The number of aliphatic hydroxyl groups is 1. The van der Waals surface area contributed by atoms with E-state index in [9.17, 15) is 19.5 Å². The van der Waals surface area contributed by atoms with Crippen molar-refractivity contribution < 1.29 is 19.4 Å². The summed E-state index contributed by atoms with van der Waals surface area (Å²) in [6.07, 6.45) is 3.14. The number of rotatable bonds is 19. The summed E-state index contributed by atoms with van der Waals surface area (Å²) in [4.78, 5) is 43.4. The second-order valence-electron chi connectivity index (χ2n) is 14.1. The SMILES string of the molecule is NC(=O)C(c1ccccc1)(c1ccccc1)C1CCN(CCC(=O)NCCCCCNCC(O)c2ccc(OCc3ccccc3)c3[nH]c(=O)ccc23)C1. The van der Waals surface area contributed by atoms with Gasteiger partial charge in [0.15, 0.2) is 0 Å². The van der Waals surface area contributed by atoms with Crippen LogP contribution in [-0.4, -0.2) is 66.1 Å². The molecule has 0 bridgehead atoms. The van der Waals surface area contributed by atoms with E-state index in [1.807, 2.05) is 97.1 Å². The number of carbonyl (C=O) groups excluding carboxylic acids is 2. The van der Waals surface area contributed by atoms with Crippen molar-refractivity contribution in [3.63, 3.8) is 0 Å². The molecule has 1 aliphatic rings. The van der Waals surface area contributed by atoms with Crippen LogP contribution in [0.2, 0.25) is 0 Å². The number of hydrogen-bond acceptors (Lipinski definition) is 7. The van der Waals surface area contributed by atoms with Crippen molar-refractivity contribution in [2.45, 2.75) is 50.2 Å². The molecule has 1 aliphatic heterocycles. The number of benzene rings is 4. The number of nitrogens with zero attached hydrogens (tertiary/aromatic N) is 1. The molecule has 6 N–H and O–H groups in total. The summed E-state index contributed by atoms with van der Waals surface area (Å²) in [5, 5.41) is 18.2. The number of unbranched alkanes of at least 4 members (excludes halogenated alkanes) is 2. The third kappa shape index (κ3) is 9.25. The van der Waals surface area contributed by atoms with Crippen molar-refractivity contribution in [1.82, 2.24) is 20.5 Å². The highest BCUT2D eigenvalue weighted by molar-refractivity contribution is 5.91. The lowest BCUT2D eigenvalue weighted by Gasteiger charge is -2.37. The maximum Gasteiger partial charge on any atom is 0.248 e. The van der Waals surface area contributed by atoms with Gasteiger partial charge in [0.05, 0.1) is 11.6 Å². The highest BCUT2D eigenvalue weighted by atomic mass is 16.5. The summed E-state index contributed by atoms with van der Waals surface area (Å²) in [6, 6.07) is 36.3. The van der Waals surface area contributed by atoms with Crippen LogP contribution >= 0.6 is 0 Å². The second-order valence-corrected chi connectivity index (χ2v) is 14.1. The maximum absolute atomic E-state index is 13.3. The van der Waals surface area contributed by atoms with Crippen molar-refractivity contribution in [2.75, 3.05) is 39.3 Å². The number of H-pyrrole nitrogens is 1. The molecular formula is C44H51N5O5. The number of hydrogen-bond donors (Lipinski definition) is 5. The lowest BCUT2D eigenvalue weighted by Crippen LogP contribution is -2.49. The molecule has 10 nitrogen and oxygen atoms in total. The van der Waals surface area contributed by atoms with E-state index in [2.05, 4.69) is 20.5 Å². The first-order valence-corrected chi connectivity index (χ1v) is 19.0. The van der Waals surface area contributed by atoms with Crippen molar-refractivity contribution in [2.24, 2.45) is 11.7 Å². The van der Waals surface area contributed by atoms with E-state index < -0.39 is 11.5 Å². The van der Waals surface area contributed by atoms with Crippen LogP contribution in [0.5, 0.6) is 5.75 Å². The number of nitrogens with two attached hydrogens (primary N) is 1.